The lowest BCUT2D eigenvalue weighted by Gasteiger charge is -2.23. The quantitative estimate of drug-likeness (QED) is 0.816. The second kappa shape index (κ2) is 4.75. The SMILES string of the molecule is Cc1noc(C)c1S(=O)(=O)NC1CCNCC1. The standard InChI is InChI=1S/C10H17N3O3S/c1-7-10(8(2)16-12-7)17(14,15)13-9-3-5-11-6-4-9/h9,11,13H,3-6H2,1-2H3. The van der Waals surface area contributed by atoms with E-state index in [-0.39, 0.29) is 10.9 Å². The van der Waals surface area contributed by atoms with Gasteiger partial charge < -0.3 is 9.84 Å². The zero-order chi connectivity index (χ0) is 12.5. The van der Waals surface area contributed by atoms with E-state index in [2.05, 4.69) is 15.2 Å². The predicted molar refractivity (Wildman–Crippen MR) is 62.2 cm³/mol. The van der Waals surface area contributed by atoms with Gasteiger partial charge in [0.25, 0.3) is 0 Å². The third kappa shape index (κ3) is 2.67. The number of piperidine rings is 1. The Balaban J connectivity index is 2.19. The fraction of sp³-hybridized carbons (Fsp3) is 0.700. The molecule has 0 amide bonds. The summed E-state index contributed by atoms with van der Waals surface area (Å²) >= 11 is 0. The van der Waals surface area contributed by atoms with Crippen LogP contribution >= 0.6 is 0 Å². The normalized spacial score (nSPS) is 18.5. The van der Waals surface area contributed by atoms with E-state index >= 15 is 0 Å². The first-order chi connectivity index (χ1) is 8.00. The Morgan fingerprint density at radius 2 is 2.00 bits per heavy atom. The van der Waals surface area contributed by atoms with E-state index in [1.54, 1.807) is 13.8 Å². The van der Waals surface area contributed by atoms with Gasteiger partial charge in [-0.15, -0.1) is 0 Å². The van der Waals surface area contributed by atoms with Crippen LogP contribution < -0.4 is 10.0 Å². The lowest BCUT2D eigenvalue weighted by molar-refractivity contribution is 0.390. The van der Waals surface area contributed by atoms with Gasteiger partial charge in [-0.1, -0.05) is 5.16 Å². The highest BCUT2D eigenvalue weighted by Gasteiger charge is 2.27. The smallest absolute Gasteiger partial charge is 0.246 e. The summed E-state index contributed by atoms with van der Waals surface area (Å²) in [7, 11) is -3.51. The summed E-state index contributed by atoms with van der Waals surface area (Å²) in [6.45, 7) is 4.92. The molecular weight excluding hydrogens is 242 g/mol. The molecule has 2 heterocycles. The summed E-state index contributed by atoms with van der Waals surface area (Å²) in [6.07, 6.45) is 1.62. The molecule has 0 unspecified atom stereocenters. The van der Waals surface area contributed by atoms with E-state index in [1.165, 1.54) is 0 Å². The van der Waals surface area contributed by atoms with Crippen molar-refractivity contribution in [1.82, 2.24) is 15.2 Å². The van der Waals surface area contributed by atoms with E-state index in [0.717, 1.165) is 25.9 Å². The monoisotopic (exact) mass is 259 g/mol. The van der Waals surface area contributed by atoms with Crippen molar-refractivity contribution in [1.29, 1.82) is 0 Å². The zero-order valence-electron chi connectivity index (χ0n) is 9.99. The number of hydrogen-bond donors (Lipinski definition) is 2. The average molecular weight is 259 g/mol. The second-order valence-electron chi connectivity index (χ2n) is 4.30. The van der Waals surface area contributed by atoms with Crippen molar-refractivity contribution in [2.75, 3.05) is 13.1 Å². The average Bonchev–Trinajstić information content (AvgIpc) is 2.59. The van der Waals surface area contributed by atoms with Crippen LogP contribution in [-0.2, 0) is 10.0 Å². The maximum atomic E-state index is 12.2. The van der Waals surface area contributed by atoms with E-state index < -0.39 is 10.0 Å². The molecule has 17 heavy (non-hydrogen) atoms. The van der Waals surface area contributed by atoms with Gasteiger partial charge in [0, 0.05) is 6.04 Å². The van der Waals surface area contributed by atoms with Crippen LogP contribution in [0.25, 0.3) is 0 Å². The van der Waals surface area contributed by atoms with Crippen LogP contribution in [0.15, 0.2) is 9.42 Å². The van der Waals surface area contributed by atoms with Crippen molar-refractivity contribution in [3.8, 4) is 0 Å². The lowest BCUT2D eigenvalue weighted by Crippen LogP contribution is -2.42. The first-order valence-electron chi connectivity index (χ1n) is 5.66. The minimum atomic E-state index is -3.51. The van der Waals surface area contributed by atoms with Crippen LogP contribution in [-0.4, -0.2) is 32.7 Å². The Labute approximate surface area is 101 Å². The molecule has 1 aromatic heterocycles. The highest BCUT2D eigenvalue weighted by molar-refractivity contribution is 7.89. The van der Waals surface area contributed by atoms with Crippen molar-refractivity contribution < 1.29 is 12.9 Å². The highest BCUT2D eigenvalue weighted by atomic mass is 32.2. The minimum absolute atomic E-state index is 0.00468. The number of aromatic nitrogens is 1. The minimum Gasteiger partial charge on any atom is -0.360 e. The van der Waals surface area contributed by atoms with Crippen molar-refractivity contribution in [2.45, 2.75) is 37.6 Å². The molecule has 1 aliphatic heterocycles. The molecule has 0 atom stereocenters. The molecule has 0 saturated carbocycles. The third-order valence-electron chi connectivity index (χ3n) is 2.90. The van der Waals surface area contributed by atoms with Gasteiger partial charge in [-0.2, -0.15) is 0 Å². The van der Waals surface area contributed by atoms with Crippen molar-refractivity contribution in [3.63, 3.8) is 0 Å². The Morgan fingerprint density at radius 1 is 1.35 bits per heavy atom. The maximum absolute atomic E-state index is 12.2. The van der Waals surface area contributed by atoms with Gasteiger partial charge in [0.2, 0.25) is 10.0 Å². The third-order valence-corrected chi connectivity index (χ3v) is 4.66. The number of aryl methyl sites for hydroxylation is 2. The molecule has 2 rings (SSSR count). The van der Waals surface area contributed by atoms with Crippen LogP contribution in [0.1, 0.15) is 24.3 Å². The van der Waals surface area contributed by atoms with Gasteiger partial charge in [-0.3, -0.25) is 0 Å². The number of nitrogens with one attached hydrogen (secondary N) is 2. The molecule has 1 saturated heterocycles. The van der Waals surface area contributed by atoms with Crippen LogP contribution in [0.3, 0.4) is 0 Å². The maximum Gasteiger partial charge on any atom is 0.246 e. The highest BCUT2D eigenvalue weighted by Crippen LogP contribution is 2.19. The Kier molecular flexibility index (Phi) is 3.50. The van der Waals surface area contributed by atoms with Gasteiger partial charge >= 0.3 is 0 Å². The van der Waals surface area contributed by atoms with Gasteiger partial charge in [0.15, 0.2) is 5.76 Å². The molecule has 1 aliphatic rings. The summed E-state index contributed by atoms with van der Waals surface area (Å²) in [5.74, 6) is 0.337. The molecule has 96 valence electrons. The van der Waals surface area contributed by atoms with Crippen LogP contribution in [0, 0.1) is 13.8 Å². The molecule has 0 bridgehead atoms. The van der Waals surface area contributed by atoms with Crippen molar-refractivity contribution in [3.05, 3.63) is 11.5 Å². The van der Waals surface area contributed by atoms with Crippen molar-refractivity contribution in [2.24, 2.45) is 0 Å². The number of hydrogen-bond acceptors (Lipinski definition) is 5. The van der Waals surface area contributed by atoms with E-state index in [9.17, 15) is 8.42 Å². The predicted octanol–water partition coefficient (Wildman–Crippen LogP) is 0.322. The lowest BCUT2D eigenvalue weighted by atomic mass is 10.1. The Morgan fingerprint density at radius 3 is 2.53 bits per heavy atom. The van der Waals surface area contributed by atoms with Crippen molar-refractivity contribution >= 4 is 10.0 Å². The first kappa shape index (κ1) is 12.5. The molecule has 0 aromatic carbocycles. The summed E-state index contributed by atoms with van der Waals surface area (Å²) in [5.41, 5.74) is 0.406. The van der Waals surface area contributed by atoms with Crippen LogP contribution in [0.2, 0.25) is 0 Å². The summed E-state index contributed by atoms with van der Waals surface area (Å²) in [4.78, 5) is 0.177. The van der Waals surface area contributed by atoms with Crippen LogP contribution in [0.4, 0.5) is 0 Å². The fourth-order valence-electron chi connectivity index (χ4n) is 2.08. The van der Waals surface area contributed by atoms with Gasteiger partial charge in [-0.25, -0.2) is 13.1 Å². The Hall–Kier alpha value is -0.920. The molecule has 0 spiro atoms. The van der Waals surface area contributed by atoms with E-state index in [1.807, 2.05) is 0 Å². The summed E-state index contributed by atoms with van der Waals surface area (Å²) in [5, 5.41) is 6.86. The molecule has 2 N–H and O–H groups in total. The van der Waals surface area contributed by atoms with Gasteiger partial charge in [-0.05, 0) is 39.8 Å². The number of rotatable bonds is 3. The number of sulfonamides is 1. The molecule has 7 heteroatoms. The molecule has 6 nitrogen and oxygen atoms in total. The first-order valence-corrected chi connectivity index (χ1v) is 7.15. The van der Waals surface area contributed by atoms with Gasteiger partial charge in [0.1, 0.15) is 10.6 Å². The second-order valence-corrected chi connectivity index (χ2v) is 5.95. The van der Waals surface area contributed by atoms with Crippen LogP contribution in [0.5, 0.6) is 0 Å². The topological polar surface area (TPSA) is 84.2 Å². The van der Waals surface area contributed by atoms with Gasteiger partial charge in [0.05, 0.1) is 0 Å². The molecule has 0 aliphatic carbocycles. The zero-order valence-corrected chi connectivity index (χ0v) is 10.8. The number of nitrogens with zero attached hydrogens (tertiary/aromatic N) is 1. The summed E-state index contributed by atoms with van der Waals surface area (Å²) < 4.78 is 31.9. The van der Waals surface area contributed by atoms with E-state index in [4.69, 9.17) is 4.52 Å². The largest absolute Gasteiger partial charge is 0.360 e. The molecule has 1 aromatic rings. The van der Waals surface area contributed by atoms with E-state index in [0.29, 0.717) is 11.5 Å². The fourth-order valence-corrected chi connectivity index (χ4v) is 3.71. The molecule has 0 radical (unpaired) electrons. The molecular formula is C10H17N3O3S. The summed E-state index contributed by atoms with van der Waals surface area (Å²) in [6, 6.07) is -0.00468. The Bertz CT molecular complexity index is 469. The molecule has 1 fully saturated rings.